The molecule has 2 aliphatic rings. The van der Waals surface area contributed by atoms with Gasteiger partial charge in [0.1, 0.15) is 11.9 Å². The van der Waals surface area contributed by atoms with Gasteiger partial charge in [-0.15, -0.1) is 0 Å². The van der Waals surface area contributed by atoms with Gasteiger partial charge < -0.3 is 15.0 Å². The summed E-state index contributed by atoms with van der Waals surface area (Å²) in [5.74, 6) is -0.469. The van der Waals surface area contributed by atoms with Crippen molar-refractivity contribution in [1.29, 1.82) is 0 Å². The number of anilines is 2. The maximum absolute atomic E-state index is 14.9. The molecule has 3 rings (SSSR count). The summed E-state index contributed by atoms with van der Waals surface area (Å²) in [6.45, 7) is 3.95. The zero-order valence-electron chi connectivity index (χ0n) is 17.9. The first-order chi connectivity index (χ1) is 14.6. The summed E-state index contributed by atoms with van der Waals surface area (Å²) in [5.41, 5.74) is 0.797. The second-order valence-electron chi connectivity index (χ2n) is 7.59. The molecule has 12 heteroatoms. The molecule has 2 aliphatic heterocycles. The Hall–Kier alpha value is -2.02. The third-order valence-electron chi connectivity index (χ3n) is 5.33. The molecule has 0 aromatic heterocycles. The minimum atomic E-state index is -3.48. The van der Waals surface area contributed by atoms with Crippen LogP contribution in [0.4, 0.5) is 20.6 Å². The van der Waals surface area contributed by atoms with E-state index in [1.807, 2.05) is 11.8 Å². The number of halogens is 1. The molecule has 2 fully saturated rings. The van der Waals surface area contributed by atoms with Crippen molar-refractivity contribution in [1.82, 2.24) is 13.9 Å². The van der Waals surface area contributed by atoms with Gasteiger partial charge in [0, 0.05) is 40.3 Å². The van der Waals surface area contributed by atoms with Crippen molar-refractivity contribution in [3.05, 3.63) is 24.0 Å². The summed E-state index contributed by atoms with van der Waals surface area (Å²) in [6, 6.07) is 4.60. The van der Waals surface area contributed by atoms with Crippen LogP contribution in [0.3, 0.4) is 0 Å². The number of carbonyl (C=O) groups is 1. The fraction of sp³-hybridized carbons (Fsp3) is 0.579. The number of thiocarbonyl (C=S) groups is 1. The molecule has 2 heterocycles. The molecule has 0 spiro atoms. The van der Waals surface area contributed by atoms with Gasteiger partial charge in [-0.3, -0.25) is 4.90 Å². The highest BCUT2D eigenvalue weighted by Gasteiger charge is 2.33. The van der Waals surface area contributed by atoms with E-state index in [4.69, 9.17) is 17.0 Å². The Bertz CT molecular complexity index is 935. The first kappa shape index (κ1) is 23.6. The van der Waals surface area contributed by atoms with Crippen molar-refractivity contribution in [2.45, 2.75) is 19.4 Å². The summed E-state index contributed by atoms with van der Waals surface area (Å²) in [4.78, 5) is 16.1. The Kier molecular flexibility index (Phi) is 7.35. The van der Waals surface area contributed by atoms with Gasteiger partial charge in [0.15, 0.2) is 0 Å². The lowest BCUT2D eigenvalue weighted by Crippen LogP contribution is -2.51. The number of cyclic esters (lactones) is 1. The van der Waals surface area contributed by atoms with Crippen molar-refractivity contribution in [3.63, 3.8) is 0 Å². The van der Waals surface area contributed by atoms with Crippen LogP contribution < -0.4 is 15.1 Å². The second-order valence-corrected chi connectivity index (χ2v) is 10.2. The van der Waals surface area contributed by atoms with Gasteiger partial charge in [-0.2, -0.15) is 17.0 Å². The second kappa shape index (κ2) is 9.63. The fourth-order valence-electron chi connectivity index (χ4n) is 3.50. The molecule has 0 aliphatic carbocycles. The van der Waals surface area contributed by atoms with Gasteiger partial charge in [-0.05, 0) is 24.6 Å². The normalized spacial score (nSPS) is 20.3. The van der Waals surface area contributed by atoms with Crippen molar-refractivity contribution >= 4 is 44.9 Å². The average molecular weight is 474 g/mol. The minimum Gasteiger partial charge on any atom is -0.442 e. The largest absolute Gasteiger partial charge is 0.442 e. The molecule has 2 saturated heterocycles. The maximum Gasteiger partial charge on any atom is 0.414 e. The topological polar surface area (TPSA) is 85.4 Å². The molecular weight excluding hydrogens is 445 g/mol. The third-order valence-corrected chi connectivity index (χ3v) is 7.71. The molecule has 1 unspecified atom stereocenters. The molecule has 31 heavy (non-hydrogen) atoms. The summed E-state index contributed by atoms with van der Waals surface area (Å²) < 4.78 is 47.3. The number of amides is 1. The Labute approximate surface area is 187 Å². The van der Waals surface area contributed by atoms with Crippen LogP contribution >= 0.6 is 12.2 Å². The van der Waals surface area contributed by atoms with Gasteiger partial charge in [0.25, 0.3) is 10.2 Å². The minimum absolute atomic E-state index is 0.272. The molecule has 1 amide bonds. The number of piperazine rings is 1. The van der Waals surface area contributed by atoms with E-state index in [9.17, 15) is 17.6 Å². The lowest BCUT2D eigenvalue weighted by Gasteiger charge is -2.36. The van der Waals surface area contributed by atoms with Gasteiger partial charge in [-0.25, -0.2) is 9.18 Å². The van der Waals surface area contributed by atoms with Crippen LogP contribution in [0.2, 0.25) is 0 Å². The quantitative estimate of drug-likeness (QED) is 0.600. The first-order valence-corrected chi connectivity index (χ1v) is 11.9. The predicted molar refractivity (Wildman–Crippen MR) is 121 cm³/mol. The highest BCUT2D eigenvalue weighted by atomic mass is 32.2. The summed E-state index contributed by atoms with van der Waals surface area (Å²) in [7, 11) is -0.505. The zero-order chi connectivity index (χ0) is 22.8. The summed E-state index contributed by atoms with van der Waals surface area (Å²) in [6.07, 6.45) is -0.183. The van der Waals surface area contributed by atoms with Crippen LogP contribution in [-0.4, -0.2) is 87.6 Å². The summed E-state index contributed by atoms with van der Waals surface area (Å²) >= 11 is 5.12. The number of nitrogens with zero attached hydrogens (tertiary/aromatic N) is 4. The molecule has 0 radical (unpaired) electrons. The predicted octanol–water partition coefficient (Wildman–Crippen LogP) is 1.41. The lowest BCUT2D eigenvalue weighted by atomic mass is 10.2. The van der Waals surface area contributed by atoms with Crippen LogP contribution in [0.15, 0.2) is 18.2 Å². The van der Waals surface area contributed by atoms with Crippen molar-refractivity contribution in [3.8, 4) is 0 Å². The Balaban J connectivity index is 1.63. The van der Waals surface area contributed by atoms with Gasteiger partial charge in [-0.1, -0.05) is 19.1 Å². The lowest BCUT2D eigenvalue weighted by molar-refractivity contribution is 0.143. The zero-order valence-corrected chi connectivity index (χ0v) is 19.5. The Morgan fingerprint density at radius 1 is 1.29 bits per heavy atom. The summed E-state index contributed by atoms with van der Waals surface area (Å²) in [5, 5.41) is 3.05. The maximum atomic E-state index is 14.9. The van der Waals surface area contributed by atoms with E-state index < -0.39 is 22.1 Å². The number of hydrogen-bond acceptors (Lipinski definition) is 6. The van der Waals surface area contributed by atoms with Crippen molar-refractivity contribution in [2.24, 2.45) is 0 Å². The number of benzene rings is 1. The number of rotatable bonds is 7. The van der Waals surface area contributed by atoms with E-state index in [1.165, 1.54) is 33.7 Å². The first-order valence-electron chi connectivity index (χ1n) is 10.1. The Morgan fingerprint density at radius 3 is 2.55 bits per heavy atom. The fourth-order valence-corrected chi connectivity index (χ4v) is 4.67. The Morgan fingerprint density at radius 2 is 1.97 bits per heavy atom. The van der Waals surface area contributed by atoms with Gasteiger partial charge in [0.05, 0.1) is 29.5 Å². The van der Waals surface area contributed by atoms with E-state index >= 15 is 0 Å². The standard InChI is InChI=1S/C19H28FN5O4S2/c1-4-18(30)21-12-15-13-25(19(26)29-15)14-5-6-17(16(20)11-14)23-7-9-24(10-8-23)31(27,28)22(2)3/h5-6,11,15H,4,7-10,12-13H2,1-3H3,(H,21,30). The van der Waals surface area contributed by atoms with Crippen molar-refractivity contribution in [2.75, 3.05) is 63.2 Å². The van der Waals surface area contributed by atoms with Gasteiger partial charge >= 0.3 is 6.09 Å². The molecule has 1 N–H and O–H groups in total. The molecule has 172 valence electrons. The smallest absolute Gasteiger partial charge is 0.414 e. The highest BCUT2D eigenvalue weighted by molar-refractivity contribution is 7.86. The van der Waals surface area contributed by atoms with E-state index in [1.54, 1.807) is 12.1 Å². The monoisotopic (exact) mass is 473 g/mol. The van der Waals surface area contributed by atoms with Crippen LogP contribution in [0.25, 0.3) is 0 Å². The SMILES string of the molecule is CCC(=S)NCC1CN(c2ccc(N3CCN(S(=O)(=O)N(C)C)CC3)c(F)c2)C(=O)O1. The van der Waals surface area contributed by atoms with E-state index in [-0.39, 0.29) is 19.2 Å². The molecular formula is C19H28FN5O4S2. The third kappa shape index (κ3) is 5.25. The van der Waals surface area contributed by atoms with Crippen LogP contribution in [0.1, 0.15) is 13.3 Å². The van der Waals surface area contributed by atoms with Crippen LogP contribution in [0, 0.1) is 5.82 Å². The van der Waals surface area contributed by atoms with E-state index in [0.717, 1.165) is 0 Å². The van der Waals surface area contributed by atoms with Gasteiger partial charge in [0.2, 0.25) is 0 Å². The molecule has 1 aromatic rings. The number of ether oxygens (including phenoxy) is 1. The number of hydrogen-bond donors (Lipinski definition) is 1. The highest BCUT2D eigenvalue weighted by Crippen LogP contribution is 2.28. The van der Waals surface area contributed by atoms with E-state index in [2.05, 4.69) is 5.32 Å². The average Bonchev–Trinajstić information content (AvgIpc) is 3.12. The van der Waals surface area contributed by atoms with Crippen molar-refractivity contribution < 1.29 is 22.3 Å². The molecule has 1 aromatic carbocycles. The van der Waals surface area contributed by atoms with Crippen LogP contribution in [0.5, 0.6) is 0 Å². The van der Waals surface area contributed by atoms with E-state index in [0.29, 0.717) is 49.0 Å². The number of carbonyl (C=O) groups excluding carboxylic acids is 1. The molecule has 0 saturated carbocycles. The molecule has 0 bridgehead atoms. The molecule has 9 nitrogen and oxygen atoms in total. The van der Waals surface area contributed by atoms with Crippen LogP contribution in [-0.2, 0) is 14.9 Å². The molecule has 1 atom stereocenters. The number of nitrogens with one attached hydrogen (secondary N) is 1.